The minimum absolute atomic E-state index is 0.221. The Morgan fingerprint density at radius 2 is 2.00 bits per heavy atom. The summed E-state index contributed by atoms with van der Waals surface area (Å²) < 4.78 is 5.17. The summed E-state index contributed by atoms with van der Waals surface area (Å²) in [6.07, 6.45) is 0. The molecule has 3 aromatic rings. The van der Waals surface area contributed by atoms with Crippen molar-refractivity contribution in [2.24, 2.45) is 0 Å². The number of nitrogens with one attached hydrogen (secondary N) is 1. The zero-order chi connectivity index (χ0) is 20.1. The highest BCUT2D eigenvalue weighted by Crippen LogP contribution is 2.29. The number of amides is 1. The summed E-state index contributed by atoms with van der Waals surface area (Å²) >= 11 is 2.54. The van der Waals surface area contributed by atoms with E-state index in [9.17, 15) is 10.1 Å². The number of rotatable bonds is 6. The van der Waals surface area contributed by atoms with Crippen LogP contribution in [0.5, 0.6) is 5.75 Å². The zero-order valence-corrected chi connectivity index (χ0v) is 17.1. The van der Waals surface area contributed by atoms with Gasteiger partial charge in [-0.15, -0.1) is 10.2 Å². The normalized spacial score (nSPS) is 11.5. The van der Waals surface area contributed by atoms with E-state index in [1.54, 1.807) is 26.2 Å². The lowest BCUT2D eigenvalue weighted by molar-refractivity contribution is -0.115. The molecule has 1 amide bonds. The number of hydrogen-bond donors (Lipinski definition) is 1. The van der Waals surface area contributed by atoms with Gasteiger partial charge in [0.05, 0.1) is 23.6 Å². The Kier molecular flexibility index (Phi) is 6.23. The number of hydrogen-bond acceptors (Lipinski definition) is 8. The third kappa shape index (κ3) is 4.65. The Bertz CT molecular complexity index is 1030. The van der Waals surface area contributed by atoms with Crippen LogP contribution in [-0.2, 0) is 4.79 Å². The fourth-order valence-electron chi connectivity index (χ4n) is 2.31. The van der Waals surface area contributed by atoms with E-state index in [0.29, 0.717) is 15.7 Å². The van der Waals surface area contributed by atoms with Crippen molar-refractivity contribution in [2.75, 3.05) is 12.4 Å². The molecule has 0 spiro atoms. The SMILES string of the molecule is COc1ccc(-c2ccc(C#N)c(SC(C)C(=O)Nc3nnc(C)s3)n2)cc1. The molecule has 1 aromatic carbocycles. The van der Waals surface area contributed by atoms with E-state index in [4.69, 9.17) is 4.74 Å². The molecular formula is C19H17N5O2S2. The summed E-state index contributed by atoms with van der Waals surface area (Å²) in [5.41, 5.74) is 2.04. The van der Waals surface area contributed by atoms with E-state index in [1.165, 1.54) is 23.1 Å². The van der Waals surface area contributed by atoms with Crippen molar-refractivity contribution in [1.82, 2.24) is 15.2 Å². The summed E-state index contributed by atoms with van der Waals surface area (Å²) in [7, 11) is 1.61. The van der Waals surface area contributed by atoms with Gasteiger partial charge in [-0.2, -0.15) is 5.26 Å². The number of aryl methyl sites for hydroxylation is 1. The van der Waals surface area contributed by atoms with Crippen LogP contribution in [0.25, 0.3) is 11.3 Å². The van der Waals surface area contributed by atoms with Gasteiger partial charge in [0, 0.05) is 5.56 Å². The number of carbonyl (C=O) groups excluding carboxylic acids is 1. The molecule has 0 aliphatic rings. The molecule has 2 aromatic heterocycles. The molecule has 0 radical (unpaired) electrons. The van der Waals surface area contributed by atoms with E-state index in [2.05, 4.69) is 26.6 Å². The van der Waals surface area contributed by atoms with Gasteiger partial charge in [0.15, 0.2) is 0 Å². The van der Waals surface area contributed by atoms with Crippen LogP contribution < -0.4 is 10.1 Å². The molecule has 0 aliphatic heterocycles. The Morgan fingerprint density at radius 1 is 1.25 bits per heavy atom. The van der Waals surface area contributed by atoms with E-state index >= 15 is 0 Å². The number of methoxy groups -OCH3 is 1. The lowest BCUT2D eigenvalue weighted by Gasteiger charge is -2.12. The highest BCUT2D eigenvalue weighted by Gasteiger charge is 2.19. The van der Waals surface area contributed by atoms with Crippen LogP contribution in [0, 0.1) is 18.3 Å². The van der Waals surface area contributed by atoms with E-state index < -0.39 is 5.25 Å². The van der Waals surface area contributed by atoms with Gasteiger partial charge in [-0.05, 0) is 50.2 Å². The highest BCUT2D eigenvalue weighted by molar-refractivity contribution is 8.00. The first-order valence-electron chi connectivity index (χ1n) is 8.33. The monoisotopic (exact) mass is 411 g/mol. The molecule has 0 saturated heterocycles. The van der Waals surface area contributed by atoms with Crippen LogP contribution in [0.1, 0.15) is 17.5 Å². The summed E-state index contributed by atoms with van der Waals surface area (Å²) in [4.78, 5) is 17.0. The van der Waals surface area contributed by atoms with Crippen LogP contribution in [0.4, 0.5) is 5.13 Å². The summed E-state index contributed by atoms with van der Waals surface area (Å²) in [5, 5.41) is 21.2. The van der Waals surface area contributed by atoms with Crippen molar-refractivity contribution < 1.29 is 9.53 Å². The van der Waals surface area contributed by atoms with E-state index in [1.807, 2.05) is 31.2 Å². The average Bonchev–Trinajstić information content (AvgIpc) is 3.12. The van der Waals surface area contributed by atoms with Crippen LogP contribution in [-0.4, -0.2) is 33.4 Å². The molecule has 1 atom stereocenters. The Morgan fingerprint density at radius 3 is 2.61 bits per heavy atom. The van der Waals surface area contributed by atoms with Gasteiger partial charge >= 0.3 is 0 Å². The first-order valence-corrected chi connectivity index (χ1v) is 10.0. The first kappa shape index (κ1) is 19.8. The van der Waals surface area contributed by atoms with Crippen molar-refractivity contribution in [2.45, 2.75) is 24.1 Å². The minimum Gasteiger partial charge on any atom is -0.497 e. The van der Waals surface area contributed by atoms with Crippen molar-refractivity contribution in [1.29, 1.82) is 5.26 Å². The lowest BCUT2D eigenvalue weighted by Crippen LogP contribution is -2.22. The summed E-state index contributed by atoms with van der Waals surface area (Å²) in [6, 6.07) is 13.1. The fourth-order valence-corrected chi connectivity index (χ4v) is 3.80. The van der Waals surface area contributed by atoms with Gasteiger partial charge in [0.1, 0.15) is 21.9 Å². The highest BCUT2D eigenvalue weighted by atomic mass is 32.2. The van der Waals surface area contributed by atoms with Crippen molar-refractivity contribution in [3.63, 3.8) is 0 Å². The molecule has 0 aliphatic carbocycles. The maximum Gasteiger partial charge on any atom is 0.239 e. The number of ether oxygens (including phenoxy) is 1. The third-order valence-corrected chi connectivity index (χ3v) is 5.64. The first-order chi connectivity index (χ1) is 13.5. The quantitative estimate of drug-likeness (QED) is 0.614. The lowest BCUT2D eigenvalue weighted by atomic mass is 10.1. The maximum absolute atomic E-state index is 12.4. The third-order valence-electron chi connectivity index (χ3n) is 3.78. The second-order valence-electron chi connectivity index (χ2n) is 5.77. The molecule has 0 bridgehead atoms. The number of benzene rings is 1. The number of thioether (sulfide) groups is 1. The topological polar surface area (TPSA) is 101 Å². The van der Waals surface area contributed by atoms with Gasteiger partial charge in [0.25, 0.3) is 0 Å². The number of nitriles is 1. The molecule has 9 heteroatoms. The van der Waals surface area contributed by atoms with E-state index in [-0.39, 0.29) is 5.91 Å². The van der Waals surface area contributed by atoms with Gasteiger partial charge in [-0.25, -0.2) is 4.98 Å². The molecule has 3 rings (SSSR count). The molecular weight excluding hydrogens is 394 g/mol. The van der Waals surface area contributed by atoms with Crippen molar-refractivity contribution in [3.05, 3.63) is 47.0 Å². The molecule has 142 valence electrons. The fraction of sp³-hybridized carbons (Fsp3) is 0.211. The predicted molar refractivity (Wildman–Crippen MR) is 110 cm³/mol. The molecule has 0 saturated carbocycles. The molecule has 28 heavy (non-hydrogen) atoms. The van der Waals surface area contributed by atoms with E-state index in [0.717, 1.165) is 22.0 Å². The second kappa shape index (κ2) is 8.82. The second-order valence-corrected chi connectivity index (χ2v) is 8.28. The molecule has 1 unspecified atom stereocenters. The van der Waals surface area contributed by atoms with Gasteiger partial charge in [-0.3, -0.25) is 10.1 Å². The maximum atomic E-state index is 12.4. The summed E-state index contributed by atoms with van der Waals surface area (Å²) in [6.45, 7) is 3.58. The molecule has 1 N–H and O–H groups in total. The number of aromatic nitrogens is 3. The van der Waals surface area contributed by atoms with Crippen LogP contribution >= 0.6 is 23.1 Å². The molecule has 7 nitrogen and oxygen atoms in total. The standard InChI is InChI=1S/C19H17N5O2S2/c1-11(17(25)22-19-24-23-12(2)28-19)27-18-14(10-20)6-9-16(21-18)13-4-7-15(26-3)8-5-13/h4-9,11H,1-3H3,(H,22,24,25). The van der Waals surface area contributed by atoms with Gasteiger partial charge < -0.3 is 4.74 Å². The Labute approximate surface area is 170 Å². The van der Waals surface area contributed by atoms with Crippen molar-refractivity contribution >= 4 is 34.1 Å². The number of anilines is 1. The number of carbonyl (C=O) groups is 1. The zero-order valence-electron chi connectivity index (χ0n) is 15.5. The van der Waals surface area contributed by atoms with Crippen LogP contribution in [0.15, 0.2) is 41.4 Å². The largest absolute Gasteiger partial charge is 0.497 e. The van der Waals surface area contributed by atoms with Gasteiger partial charge in [-0.1, -0.05) is 23.1 Å². The molecule has 0 fully saturated rings. The minimum atomic E-state index is -0.463. The Hall–Kier alpha value is -2.96. The number of pyridine rings is 1. The van der Waals surface area contributed by atoms with Crippen LogP contribution in [0.3, 0.4) is 0 Å². The molecule has 2 heterocycles. The average molecular weight is 412 g/mol. The summed E-state index contributed by atoms with van der Waals surface area (Å²) in [5.74, 6) is 0.533. The van der Waals surface area contributed by atoms with Crippen LogP contribution in [0.2, 0.25) is 0 Å². The van der Waals surface area contributed by atoms with Crippen molar-refractivity contribution in [3.8, 4) is 23.1 Å². The number of nitrogens with zero attached hydrogens (tertiary/aromatic N) is 4. The van der Waals surface area contributed by atoms with Gasteiger partial charge in [0.2, 0.25) is 11.0 Å². The Balaban J connectivity index is 1.79. The smallest absolute Gasteiger partial charge is 0.239 e. The predicted octanol–water partition coefficient (Wildman–Crippen LogP) is 3.91.